The molecule has 0 atom stereocenters. The number of hydrogen-bond donors (Lipinski definition) is 2. The van der Waals surface area contributed by atoms with Gasteiger partial charge in [0, 0.05) is 15.6 Å². The van der Waals surface area contributed by atoms with E-state index in [0.29, 0.717) is 17.8 Å². The molecule has 0 amide bonds. The first-order chi connectivity index (χ1) is 13.5. The van der Waals surface area contributed by atoms with E-state index in [9.17, 15) is 4.79 Å². The van der Waals surface area contributed by atoms with Crippen LogP contribution in [0.5, 0.6) is 0 Å². The van der Waals surface area contributed by atoms with Crippen LogP contribution in [0.15, 0.2) is 48.2 Å². The number of nitrogen functional groups attached to an aromatic ring is 1. The minimum absolute atomic E-state index is 0.0755. The second kappa shape index (κ2) is 6.30. The molecule has 4 aromatic rings. The van der Waals surface area contributed by atoms with Crippen LogP contribution in [0.1, 0.15) is 27.3 Å². The van der Waals surface area contributed by atoms with Crippen molar-refractivity contribution in [2.24, 2.45) is 0 Å². The summed E-state index contributed by atoms with van der Waals surface area (Å²) in [5.74, 6) is 1.11. The van der Waals surface area contributed by atoms with E-state index in [-0.39, 0.29) is 5.78 Å². The van der Waals surface area contributed by atoms with Crippen LogP contribution in [0.2, 0.25) is 0 Å². The number of rotatable bonds is 3. The fourth-order valence-corrected chi connectivity index (χ4v) is 4.18. The van der Waals surface area contributed by atoms with Gasteiger partial charge in [0.25, 0.3) is 0 Å². The Labute approximate surface area is 174 Å². The molecule has 2 heterocycles. The molecule has 1 aliphatic carbocycles. The number of ketones is 1. The number of aryl methyl sites for hydroxylation is 1. The Kier molecular flexibility index (Phi) is 3.87. The van der Waals surface area contributed by atoms with Crippen molar-refractivity contribution in [1.82, 2.24) is 19.7 Å². The zero-order valence-corrected chi connectivity index (χ0v) is 17.2. The highest BCUT2D eigenvalue weighted by Crippen LogP contribution is 2.30. The van der Waals surface area contributed by atoms with Gasteiger partial charge in [-0.15, -0.1) is 0 Å². The van der Waals surface area contributed by atoms with Gasteiger partial charge in [-0.1, -0.05) is 6.07 Å². The second-order valence-electron chi connectivity index (χ2n) is 6.90. The normalized spacial score (nSPS) is 13.0. The van der Waals surface area contributed by atoms with E-state index >= 15 is 0 Å². The number of hydrogen-bond acceptors (Lipinski definition) is 4. The first-order valence-corrected chi connectivity index (χ1v) is 9.91. The van der Waals surface area contributed by atoms with Crippen LogP contribution >= 0.6 is 22.6 Å². The standard InChI is InChI=1S/C21H16IN5O/c1-11-25-18-5-4-16(9-19(18)26-11)27-21(23)17(10-24-27)20(28)14-6-12-2-3-15(22)8-13(12)7-14/h2-6,8-10H,7,23H2,1H3,(H,25,26). The van der Waals surface area contributed by atoms with Crippen LogP contribution in [0.3, 0.4) is 0 Å². The number of imidazole rings is 1. The number of aromatic nitrogens is 4. The second-order valence-corrected chi connectivity index (χ2v) is 8.14. The number of nitrogens with zero attached hydrogens (tertiary/aromatic N) is 3. The Morgan fingerprint density at radius 1 is 1.25 bits per heavy atom. The van der Waals surface area contributed by atoms with E-state index < -0.39 is 0 Å². The van der Waals surface area contributed by atoms with Gasteiger partial charge < -0.3 is 10.7 Å². The third-order valence-electron chi connectivity index (χ3n) is 4.99. The number of carbonyl (C=O) groups is 1. The number of Topliss-reactive ketones (excluding diaryl/α,β-unsaturated/α-hetero) is 1. The van der Waals surface area contributed by atoms with Crippen LogP contribution in [0.4, 0.5) is 5.82 Å². The van der Waals surface area contributed by atoms with Gasteiger partial charge in [-0.2, -0.15) is 5.10 Å². The Bertz CT molecular complexity index is 1300. The lowest BCUT2D eigenvalue weighted by atomic mass is 10.0. The summed E-state index contributed by atoms with van der Waals surface area (Å²) in [6, 6.07) is 11.9. The number of aromatic amines is 1. The zero-order chi connectivity index (χ0) is 19.4. The van der Waals surface area contributed by atoms with Crippen molar-refractivity contribution in [1.29, 1.82) is 0 Å². The average molecular weight is 481 g/mol. The highest BCUT2D eigenvalue weighted by molar-refractivity contribution is 14.1. The smallest absolute Gasteiger partial charge is 0.194 e. The SMILES string of the molecule is Cc1nc2ccc(-n3ncc(C(=O)C4=Cc5ccc(I)cc5C4)c3N)cc2[nH]1. The van der Waals surface area contributed by atoms with Crippen molar-refractivity contribution in [3.05, 3.63) is 74.3 Å². The maximum atomic E-state index is 13.1. The number of nitrogens with two attached hydrogens (primary N) is 1. The minimum atomic E-state index is -0.0755. The Morgan fingerprint density at radius 2 is 2.11 bits per heavy atom. The van der Waals surface area contributed by atoms with Crippen molar-refractivity contribution < 1.29 is 4.79 Å². The minimum Gasteiger partial charge on any atom is -0.383 e. The van der Waals surface area contributed by atoms with Crippen LogP contribution in [0, 0.1) is 10.5 Å². The van der Waals surface area contributed by atoms with Crippen LogP contribution in [-0.4, -0.2) is 25.5 Å². The highest BCUT2D eigenvalue weighted by atomic mass is 127. The van der Waals surface area contributed by atoms with Crippen molar-refractivity contribution in [2.75, 3.05) is 5.73 Å². The number of H-pyrrole nitrogens is 1. The Morgan fingerprint density at radius 3 is 2.96 bits per heavy atom. The summed E-state index contributed by atoms with van der Waals surface area (Å²) < 4.78 is 2.75. The van der Waals surface area contributed by atoms with Crippen molar-refractivity contribution in [3.63, 3.8) is 0 Å². The van der Waals surface area contributed by atoms with Gasteiger partial charge >= 0.3 is 0 Å². The van der Waals surface area contributed by atoms with E-state index in [2.05, 4.69) is 43.7 Å². The molecule has 0 radical (unpaired) electrons. The number of benzene rings is 2. The number of halogens is 1. The summed E-state index contributed by atoms with van der Waals surface area (Å²) in [6.45, 7) is 1.91. The first kappa shape index (κ1) is 17.2. The summed E-state index contributed by atoms with van der Waals surface area (Å²) in [6.07, 6.45) is 4.12. The monoisotopic (exact) mass is 481 g/mol. The van der Waals surface area contributed by atoms with Gasteiger partial charge in [-0.05, 0) is 77.0 Å². The molecular formula is C21H16IN5O. The van der Waals surface area contributed by atoms with E-state index in [4.69, 9.17) is 5.73 Å². The van der Waals surface area contributed by atoms with Gasteiger partial charge in [-0.25, -0.2) is 9.67 Å². The average Bonchev–Trinajstić information content (AvgIpc) is 3.35. The zero-order valence-electron chi connectivity index (χ0n) is 15.0. The third-order valence-corrected chi connectivity index (χ3v) is 5.66. The molecule has 0 spiro atoms. The molecule has 1 aliphatic rings. The molecule has 6 nitrogen and oxygen atoms in total. The highest BCUT2D eigenvalue weighted by Gasteiger charge is 2.24. The lowest BCUT2D eigenvalue weighted by Gasteiger charge is -2.05. The number of nitrogens with one attached hydrogen (secondary N) is 1. The fourth-order valence-electron chi connectivity index (χ4n) is 3.63. The molecular weight excluding hydrogens is 465 g/mol. The van der Waals surface area contributed by atoms with Crippen LogP contribution in [-0.2, 0) is 6.42 Å². The molecule has 2 aromatic carbocycles. The quantitative estimate of drug-likeness (QED) is 0.341. The number of fused-ring (bicyclic) bond motifs is 2. The molecule has 28 heavy (non-hydrogen) atoms. The fraction of sp³-hybridized carbons (Fsp3) is 0.0952. The molecule has 138 valence electrons. The van der Waals surface area contributed by atoms with Gasteiger partial charge in [-0.3, -0.25) is 4.79 Å². The lowest BCUT2D eigenvalue weighted by Crippen LogP contribution is -2.08. The molecule has 5 rings (SSSR count). The maximum absolute atomic E-state index is 13.1. The van der Waals surface area contributed by atoms with Crippen molar-refractivity contribution in [3.8, 4) is 5.69 Å². The summed E-state index contributed by atoms with van der Waals surface area (Å²) in [4.78, 5) is 20.7. The van der Waals surface area contributed by atoms with E-state index in [1.807, 2.05) is 43.3 Å². The summed E-state index contributed by atoms with van der Waals surface area (Å²) in [5, 5.41) is 4.36. The largest absolute Gasteiger partial charge is 0.383 e. The topological polar surface area (TPSA) is 89.6 Å². The number of allylic oxidation sites excluding steroid dienone is 1. The molecule has 2 aromatic heterocycles. The molecule has 0 aliphatic heterocycles. The van der Waals surface area contributed by atoms with E-state index in [1.54, 1.807) is 10.9 Å². The van der Waals surface area contributed by atoms with Gasteiger partial charge in [0.2, 0.25) is 0 Å². The van der Waals surface area contributed by atoms with Gasteiger partial charge in [0.15, 0.2) is 5.78 Å². The molecule has 0 saturated carbocycles. The predicted octanol–water partition coefficient (Wildman–Crippen LogP) is 4.07. The lowest BCUT2D eigenvalue weighted by molar-refractivity contribution is 0.103. The third kappa shape index (κ3) is 2.73. The summed E-state index contributed by atoms with van der Waals surface area (Å²) in [5.41, 5.74) is 12.3. The summed E-state index contributed by atoms with van der Waals surface area (Å²) in [7, 11) is 0. The Balaban J connectivity index is 1.49. The molecule has 0 fully saturated rings. The molecule has 0 saturated heterocycles. The molecule has 3 N–H and O–H groups in total. The van der Waals surface area contributed by atoms with Gasteiger partial charge in [0.05, 0.1) is 28.5 Å². The first-order valence-electron chi connectivity index (χ1n) is 8.83. The van der Waals surface area contributed by atoms with Crippen molar-refractivity contribution in [2.45, 2.75) is 13.3 Å². The maximum Gasteiger partial charge on any atom is 0.194 e. The number of anilines is 1. The van der Waals surface area contributed by atoms with Crippen molar-refractivity contribution >= 4 is 51.3 Å². The Hall–Kier alpha value is -2.94. The van der Waals surface area contributed by atoms with Gasteiger partial charge in [0.1, 0.15) is 11.6 Å². The molecule has 0 bridgehead atoms. The predicted molar refractivity (Wildman–Crippen MR) is 118 cm³/mol. The molecule has 7 heteroatoms. The van der Waals surface area contributed by atoms with Crippen LogP contribution in [0.25, 0.3) is 22.8 Å². The van der Waals surface area contributed by atoms with E-state index in [1.165, 1.54) is 5.56 Å². The summed E-state index contributed by atoms with van der Waals surface area (Å²) >= 11 is 2.28. The van der Waals surface area contributed by atoms with Crippen LogP contribution < -0.4 is 5.73 Å². The number of carbonyl (C=O) groups excluding carboxylic acids is 1. The van der Waals surface area contributed by atoms with E-state index in [0.717, 1.165) is 37.3 Å². The molecule has 0 unspecified atom stereocenters.